The summed E-state index contributed by atoms with van der Waals surface area (Å²) in [7, 11) is 0. The van der Waals surface area contributed by atoms with E-state index in [2.05, 4.69) is 35.4 Å². The summed E-state index contributed by atoms with van der Waals surface area (Å²) < 4.78 is 13.5. The van der Waals surface area contributed by atoms with Crippen LogP contribution in [0.1, 0.15) is 22.4 Å². The molecule has 1 heterocycles. The molecule has 0 radical (unpaired) electrons. The minimum Gasteiger partial charge on any atom is -0.358 e. The Morgan fingerprint density at radius 2 is 2.00 bits per heavy atom. The third-order valence-corrected chi connectivity index (χ3v) is 5.40. The van der Waals surface area contributed by atoms with E-state index in [0.717, 1.165) is 27.9 Å². The van der Waals surface area contributed by atoms with E-state index in [4.69, 9.17) is 0 Å². The molecule has 0 saturated carbocycles. The lowest BCUT2D eigenvalue weighted by Crippen LogP contribution is -2.27. The van der Waals surface area contributed by atoms with Crippen LogP contribution < -0.4 is 5.32 Å². The average Bonchev–Trinajstić information content (AvgIpc) is 2.91. The summed E-state index contributed by atoms with van der Waals surface area (Å²) in [5.74, 6) is 1.21. The molecular weight excluding hydrogens is 347 g/mol. The molecule has 136 valence electrons. The number of nitrogens with one attached hydrogen (secondary N) is 2. The number of carbonyl (C=O) groups excluding carboxylic acids is 1. The summed E-state index contributed by atoms with van der Waals surface area (Å²) in [5, 5.41) is 4.08. The van der Waals surface area contributed by atoms with Crippen LogP contribution in [0, 0.1) is 19.7 Å². The largest absolute Gasteiger partial charge is 0.358 e. The van der Waals surface area contributed by atoms with Crippen LogP contribution in [0.3, 0.4) is 0 Å². The molecule has 0 fully saturated rings. The molecule has 0 aliphatic rings. The number of aromatic nitrogens is 1. The molecule has 0 aliphatic heterocycles. The number of amides is 1. The minimum atomic E-state index is -0.172. The normalized spacial score (nSPS) is 11.0. The summed E-state index contributed by atoms with van der Waals surface area (Å²) >= 11 is 1.62. The first-order valence-corrected chi connectivity index (χ1v) is 9.85. The lowest BCUT2D eigenvalue weighted by Gasteiger charge is -2.07. The monoisotopic (exact) mass is 370 g/mol. The van der Waals surface area contributed by atoms with E-state index in [1.165, 1.54) is 11.6 Å². The molecule has 0 spiro atoms. The number of benzene rings is 2. The van der Waals surface area contributed by atoms with Gasteiger partial charge in [-0.3, -0.25) is 4.79 Å². The van der Waals surface area contributed by atoms with Crippen molar-refractivity contribution in [3.63, 3.8) is 0 Å². The van der Waals surface area contributed by atoms with Crippen molar-refractivity contribution in [2.45, 2.75) is 26.0 Å². The maximum Gasteiger partial charge on any atom is 0.224 e. The number of hydrogen-bond acceptors (Lipinski definition) is 2. The highest BCUT2D eigenvalue weighted by molar-refractivity contribution is 7.98. The van der Waals surface area contributed by atoms with Crippen LogP contribution in [0.4, 0.5) is 4.39 Å². The maximum atomic E-state index is 13.5. The number of fused-ring (bicyclic) bond motifs is 1. The van der Waals surface area contributed by atoms with Gasteiger partial charge in [0, 0.05) is 34.6 Å². The lowest BCUT2D eigenvalue weighted by molar-refractivity contribution is -0.120. The van der Waals surface area contributed by atoms with E-state index in [9.17, 15) is 9.18 Å². The molecule has 5 heteroatoms. The van der Waals surface area contributed by atoms with Gasteiger partial charge in [0.2, 0.25) is 5.91 Å². The number of H-pyrrole nitrogens is 1. The standard InChI is InChI=1S/C21H23FN2OS/c1-14-7-8-20-18(11-14)17(15(2)24-20)12-21(25)23-9-10-26-13-16-5-3-4-6-19(16)22/h3-8,11,24H,9-10,12-13H2,1-2H3,(H,23,25). The second kappa shape index (κ2) is 8.41. The fourth-order valence-electron chi connectivity index (χ4n) is 3.01. The second-order valence-electron chi connectivity index (χ2n) is 6.45. The van der Waals surface area contributed by atoms with Crippen LogP contribution in [0.25, 0.3) is 10.9 Å². The van der Waals surface area contributed by atoms with Crippen LogP contribution >= 0.6 is 11.8 Å². The predicted molar refractivity (Wildman–Crippen MR) is 107 cm³/mol. The topological polar surface area (TPSA) is 44.9 Å². The molecule has 26 heavy (non-hydrogen) atoms. The van der Waals surface area contributed by atoms with Crippen molar-refractivity contribution in [1.82, 2.24) is 10.3 Å². The molecule has 0 saturated heterocycles. The van der Waals surface area contributed by atoms with Gasteiger partial charge < -0.3 is 10.3 Å². The fourth-order valence-corrected chi connectivity index (χ4v) is 3.85. The fraction of sp³-hybridized carbons (Fsp3) is 0.286. The first-order chi connectivity index (χ1) is 12.5. The molecule has 1 aromatic heterocycles. The van der Waals surface area contributed by atoms with E-state index >= 15 is 0 Å². The molecule has 3 aromatic rings. The number of hydrogen-bond donors (Lipinski definition) is 2. The summed E-state index contributed by atoms with van der Waals surface area (Å²) in [6.07, 6.45) is 0.368. The quantitative estimate of drug-likeness (QED) is 0.601. The Morgan fingerprint density at radius 1 is 1.19 bits per heavy atom. The number of thioether (sulfide) groups is 1. The molecule has 2 N–H and O–H groups in total. The highest BCUT2D eigenvalue weighted by atomic mass is 32.2. The van der Waals surface area contributed by atoms with Crippen LogP contribution in [0.5, 0.6) is 0 Å². The smallest absolute Gasteiger partial charge is 0.224 e. The summed E-state index contributed by atoms with van der Waals surface area (Å²) in [4.78, 5) is 15.6. The Labute approximate surface area is 157 Å². The highest BCUT2D eigenvalue weighted by Crippen LogP contribution is 2.23. The second-order valence-corrected chi connectivity index (χ2v) is 7.55. The summed E-state index contributed by atoms with van der Waals surface area (Å²) in [6, 6.07) is 13.0. The molecular formula is C21H23FN2OS. The highest BCUT2D eigenvalue weighted by Gasteiger charge is 2.12. The van der Waals surface area contributed by atoms with Gasteiger partial charge in [-0.25, -0.2) is 4.39 Å². The Hall–Kier alpha value is -2.27. The third-order valence-electron chi connectivity index (χ3n) is 4.40. The van der Waals surface area contributed by atoms with Crippen molar-refractivity contribution >= 4 is 28.6 Å². The van der Waals surface area contributed by atoms with E-state index < -0.39 is 0 Å². The van der Waals surface area contributed by atoms with Crippen LogP contribution in [-0.4, -0.2) is 23.2 Å². The van der Waals surface area contributed by atoms with Crippen molar-refractivity contribution in [1.29, 1.82) is 0 Å². The zero-order valence-corrected chi connectivity index (χ0v) is 15.9. The summed E-state index contributed by atoms with van der Waals surface area (Å²) in [5.41, 5.74) is 5.04. The molecule has 3 rings (SSSR count). The SMILES string of the molecule is Cc1ccc2[nH]c(C)c(CC(=O)NCCSCc3ccccc3F)c2c1. The summed E-state index contributed by atoms with van der Waals surface area (Å²) in [6.45, 7) is 4.64. The minimum absolute atomic E-state index is 0.0157. The Kier molecular flexibility index (Phi) is 5.99. The van der Waals surface area contributed by atoms with Gasteiger partial charge in [0.25, 0.3) is 0 Å². The Morgan fingerprint density at radius 3 is 2.81 bits per heavy atom. The molecule has 0 bridgehead atoms. The van der Waals surface area contributed by atoms with Gasteiger partial charge in [0.15, 0.2) is 0 Å². The first-order valence-electron chi connectivity index (χ1n) is 8.70. The maximum absolute atomic E-state index is 13.5. The lowest BCUT2D eigenvalue weighted by atomic mass is 10.1. The van der Waals surface area contributed by atoms with Crippen molar-refractivity contribution in [3.05, 3.63) is 70.7 Å². The van der Waals surface area contributed by atoms with E-state index in [0.29, 0.717) is 24.3 Å². The molecule has 0 unspecified atom stereocenters. The number of carbonyl (C=O) groups is 1. The van der Waals surface area contributed by atoms with Gasteiger partial charge >= 0.3 is 0 Å². The molecule has 2 aromatic carbocycles. The van der Waals surface area contributed by atoms with Gasteiger partial charge in [0.05, 0.1) is 6.42 Å². The van der Waals surface area contributed by atoms with Crippen LogP contribution in [0.15, 0.2) is 42.5 Å². The molecule has 3 nitrogen and oxygen atoms in total. The van der Waals surface area contributed by atoms with Crippen LogP contribution in [0.2, 0.25) is 0 Å². The zero-order chi connectivity index (χ0) is 18.5. The number of aryl methyl sites for hydroxylation is 2. The van der Waals surface area contributed by atoms with Crippen molar-refractivity contribution in [2.24, 2.45) is 0 Å². The van der Waals surface area contributed by atoms with Crippen LogP contribution in [-0.2, 0) is 17.0 Å². The van der Waals surface area contributed by atoms with E-state index in [1.54, 1.807) is 23.9 Å². The number of halogens is 1. The van der Waals surface area contributed by atoms with Gasteiger partial charge in [-0.1, -0.05) is 29.8 Å². The van der Waals surface area contributed by atoms with E-state index in [-0.39, 0.29) is 11.7 Å². The molecule has 0 atom stereocenters. The van der Waals surface area contributed by atoms with Crippen molar-refractivity contribution in [2.75, 3.05) is 12.3 Å². The predicted octanol–water partition coefficient (Wildman–Crippen LogP) is 4.52. The van der Waals surface area contributed by atoms with Crippen molar-refractivity contribution in [3.8, 4) is 0 Å². The Balaban J connectivity index is 1.48. The van der Waals surface area contributed by atoms with Gasteiger partial charge in [-0.05, 0) is 43.2 Å². The first kappa shape index (κ1) is 18.5. The van der Waals surface area contributed by atoms with Gasteiger partial charge in [0.1, 0.15) is 5.82 Å². The zero-order valence-electron chi connectivity index (χ0n) is 15.1. The van der Waals surface area contributed by atoms with Gasteiger partial charge in [-0.2, -0.15) is 11.8 Å². The molecule has 0 aliphatic carbocycles. The third kappa shape index (κ3) is 4.47. The number of rotatable bonds is 7. The molecule has 1 amide bonds. The van der Waals surface area contributed by atoms with Crippen molar-refractivity contribution < 1.29 is 9.18 Å². The van der Waals surface area contributed by atoms with Gasteiger partial charge in [-0.15, -0.1) is 0 Å². The van der Waals surface area contributed by atoms with E-state index in [1.807, 2.05) is 13.0 Å². The Bertz CT molecular complexity index is 920. The number of aromatic amines is 1. The average molecular weight is 370 g/mol.